The van der Waals surface area contributed by atoms with E-state index in [0.717, 1.165) is 19.4 Å². The van der Waals surface area contributed by atoms with Crippen molar-refractivity contribution in [2.75, 3.05) is 6.54 Å². The van der Waals surface area contributed by atoms with Crippen LogP contribution in [0.25, 0.3) is 0 Å². The molecule has 1 aromatic rings. The summed E-state index contributed by atoms with van der Waals surface area (Å²) in [6, 6.07) is 3.33. The lowest BCUT2D eigenvalue weighted by Crippen LogP contribution is -2.50. The van der Waals surface area contributed by atoms with Crippen molar-refractivity contribution >= 4 is 0 Å². The molecule has 1 aromatic heterocycles. The van der Waals surface area contributed by atoms with Gasteiger partial charge in [0.1, 0.15) is 0 Å². The van der Waals surface area contributed by atoms with Gasteiger partial charge in [-0.2, -0.15) is 5.10 Å². The van der Waals surface area contributed by atoms with Gasteiger partial charge in [-0.3, -0.25) is 4.68 Å². The maximum atomic E-state index is 4.90. The van der Waals surface area contributed by atoms with Gasteiger partial charge in [0.05, 0.1) is 11.7 Å². The molecule has 1 N–H and O–H groups in total. The van der Waals surface area contributed by atoms with E-state index in [9.17, 15) is 0 Å². The summed E-state index contributed by atoms with van der Waals surface area (Å²) < 4.78 is 2.34. The zero-order valence-electron chi connectivity index (χ0n) is 13.9. The Morgan fingerprint density at radius 1 is 1.30 bits per heavy atom. The first-order valence-corrected chi connectivity index (χ1v) is 8.34. The molecule has 2 atom stereocenters. The van der Waals surface area contributed by atoms with Crippen LogP contribution in [-0.2, 0) is 12.8 Å². The van der Waals surface area contributed by atoms with Crippen LogP contribution in [0.4, 0.5) is 0 Å². The Hall–Kier alpha value is -0.830. The second-order valence-corrected chi connectivity index (χ2v) is 6.76. The Kier molecular flexibility index (Phi) is 4.90. The van der Waals surface area contributed by atoms with Crippen LogP contribution in [0.2, 0.25) is 0 Å². The van der Waals surface area contributed by atoms with E-state index in [4.69, 9.17) is 5.10 Å². The first-order valence-electron chi connectivity index (χ1n) is 8.34. The van der Waals surface area contributed by atoms with Crippen LogP contribution in [0.1, 0.15) is 71.3 Å². The second-order valence-electron chi connectivity index (χ2n) is 6.76. The Morgan fingerprint density at radius 2 is 2.05 bits per heavy atom. The molecule has 1 aliphatic carbocycles. The molecule has 0 aliphatic heterocycles. The highest BCUT2D eigenvalue weighted by molar-refractivity contribution is 5.13. The number of hydrogen-bond acceptors (Lipinski definition) is 2. The summed E-state index contributed by atoms with van der Waals surface area (Å²) in [5.74, 6) is 0. The van der Waals surface area contributed by atoms with Crippen molar-refractivity contribution in [1.82, 2.24) is 15.1 Å². The molecule has 0 bridgehead atoms. The van der Waals surface area contributed by atoms with Gasteiger partial charge in [0.25, 0.3) is 0 Å². The highest BCUT2D eigenvalue weighted by Crippen LogP contribution is 2.41. The van der Waals surface area contributed by atoms with E-state index in [1.807, 2.05) is 0 Å². The van der Waals surface area contributed by atoms with E-state index in [1.54, 1.807) is 0 Å². The number of aromatic nitrogens is 2. The third-order valence-electron chi connectivity index (χ3n) is 4.87. The third kappa shape index (κ3) is 2.93. The van der Waals surface area contributed by atoms with Gasteiger partial charge in [-0.15, -0.1) is 0 Å². The molecule has 20 heavy (non-hydrogen) atoms. The summed E-state index contributed by atoms with van der Waals surface area (Å²) in [6.45, 7) is 12.5. The lowest BCUT2D eigenvalue weighted by molar-refractivity contribution is 0.106. The van der Waals surface area contributed by atoms with E-state index in [-0.39, 0.29) is 0 Å². The monoisotopic (exact) mass is 277 g/mol. The third-order valence-corrected chi connectivity index (χ3v) is 4.87. The predicted molar refractivity (Wildman–Crippen MR) is 85.1 cm³/mol. The van der Waals surface area contributed by atoms with E-state index in [0.29, 0.717) is 17.5 Å². The smallest absolute Gasteiger partial charge is 0.0680 e. The van der Waals surface area contributed by atoms with Crippen LogP contribution in [-0.4, -0.2) is 22.4 Å². The number of likely N-dealkylation sites (N-methyl/N-ethyl adjacent to an activating group) is 1. The van der Waals surface area contributed by atoms with Gasteiger partial charge in [-0.1, -0.05) is 41.0 Å². The highest BCUT2D eigenvalue weighted by atomic mass is 15.3. The predicted octanol–water partition coefficient (Wildman–Crippen LogP) is 3.74. The molecule has 0 spiro atoms. The summed E-state index contributed by atoms with van der Waals surface area (Å²) in [7, 11) is 0. The summed E-state index contributed by atoms with van der Waals surface area (Å²) in [4.78, 5) is 0. The van der Waals surface area contributed by atoms with E-state index in [2.05, 4.69) is 50.7 Å². The van der Waals surface area contributed by atoms with Crippen molar-refractivity contribution in [3.8, 4) is 0 Å². The molecule has 0 radical (unpaired) electrons. The SMILES string of the molecule is CCNC1C(n2nc(CC)cc2CC)CCCC1(C)C. The van der Waals surface area contributed by atoms with Crippen molar-refractivity contribution in [3.05, 3.63) is 17.5 Å². The minimum atomic E-state index is 0.349. The van der Waals surface area contributed by atoms with Gasteiger partial charge >= 0.3 is 0 Å². The number of aryl methyl sites for hydroxylation is 2. The van der Waals surface area contributed by atoms with Crippen LogP contribution >= 0.6 is 0 Å². The maximum Gasteiger partial charge on any atom is 0.0680 e. The minimum Gasteiger partial charge on any atom is -0.312 e. The topological polar surface area (TPSA) is 29.9 Å². The van der Waals surface area contributed by atoms with Gasteiger partial charge in [-0.25, -0.2) is 0 Å². The van der Waals surface area contributed by atoms with Crippen LogP contribution in [0.5, 0.6) is 0 Å². The van der Waals surface area contributed by atoms with Gasteiger partial charge in [0.2, 0.25) is 0 Å². The van der Waals surface area contributed by atoms with E-state index in [1.165, 1.54) is 30.7 Å². The van der Waals surface area contributed by atoms with Crippen molar-refractivity contribution in [3.63, 3.8) is 0 Å². The van der Waals surface area contributed by atoms with Crippen molar-refractivity contribution in [2.45, 2.75) is 78.8 Å². The molecule has 1 saturated carbocycles. The molecule has 114 valence electrons. The number of nitrogens with one attached hydrogen (secondary N) is 1. The zero-order valence-corrected chi connectivity index (χ0v) is 13.9. The molecule has 0 amide bonds. The average molecular weight is 277 g/mol. The van der Waals surface area contributed by atoms with E-state index >= 15 is 0 Å². The Bertz CT molecular complexity index is 433. The molecule has 1 heterocycles. The second kappa shape index (κ2) is 6.30. The number of rotatable bonds is 5. The van der Waals surface area contributed by atoms with Gasteiger partial charge < -0.3 is 5.32 Å². The van der Waals surface area contributed by atoms with Gasteiger partial charge in [0.15, 0.2) is 0 Å². The lowest BCUT2D eigenvalue weighted by Gasteiger charge is -2.45. The Labute approximate surface area is 124 Å². The number of nitrogens with zero attached hydrogens (tertiary/aromatic N) is 2. The van der Waals surface area contributed by atoms with E-state index < -0.39 is 0 Å². The van der Waals surface area contributed by atoms with Gasteiger partial charge in [-0.05, 0) is 43.7 Å². The average Bonchev–Trinajstić information content (AvgIpc) is 2.84. The molecule has 0 aromatic carbocycles. The van der Waals surface area contributed by atoms with Crippen LogP contribution < -0.4 is 5.32 Å². The van der Waals surface area contributed by atoms with Crippen molar-refractivity contribution in [2.24, 2.45) is 5.41 Å². The lowest BCUT2D eigenvalue weighted by atomic mass is 9.70. The molecule has 3 heteroatoms. The normalized spacial score (nSPS) is 25.9. The van der Waals surface area contributed by atoms with Crippen LogP contribution in [0.15, 0.2) is 6.07 Å². The number of hydrogen-bond donors (Lipinski definition) is 1. The summed E-state index contributed by atoms with van der Waals surface area (Å²) >= 11 is 0. The first kappa shape index (κ1) is 15.6. The summed E-state index contributed by atoms with van der Waals surface area (Å²) in [5.41, 5.74) is 2.98. The molecule has 2 rings (SSSR count). The largest absolute Gasteiger partial charge is 0.312 e. The van der Waals surface area contributed by atoms with Crippen LogP contribution in [0.3, 0.4) is 0 Å². The Balaban J connectivity index is 2.35. The fourth-order valence-corrected chi connectivity index (χ4v) is 3.72. The van der Waals surface area contributed by atoms with Crippen molar-refractivity contribution < 1.29 is 0 Å². The van der Waals surface area contributed by atoms with Crippen LogP contribution in [0, 0.1) is 5.41 Å². The Morgan fingerprint density at radius 3 is 2.65 bits per heavy atom. The molecule has 2 unspecified atom stereocenters. The zero-order chi connectivity index (χ0) is 14.8. The standard InChI is InChI=1S/C17H31N3/c1-6-13-12-14(7-2)20(19-13)15-10-9-11-17(4,5)16(15)18-8-3/h12,15-16,18H,6-11H2,1-5H3. The minimum absolute atomic E-state index is 0.349. The molecular formula is C17H31N3. The summed E-state index contributed by atoms with van der Waals surface area (Å²) in [6.07, 6.45) is 5.97. The maximum absolute atomic E-state index is 4.90. The highest BCUT2D eigenvalue weighted by Gasteiger charge is 2.40. The first-order chi connectivity index (χ1) is 9.53. The molecule has 1 aliphatic rings. The molecule has 1 fully saturated rings. The molecule has 3 nitrogen and oxygen atoms in total. The van der Waals surface area contributed by atoms with Crippen molar-refractivity contribution in [1.29, 1.82) is 0 Å². The fourth-order valence-electron chi connectivity index (χ4n) is 3.72. The fraction of sp³-hybridized carbons (Fsp3) is 0.824. The molecular weight excluding hydrogens is 246 g/mol. The molecule has 0 saturated heterocycles. The van der Waals surface area contributed by atoms with Gasteiger partial charge in [0, 0.05) is 11.7 Å². The summed E-state index contributed by atoms with van der Waals surface area (Å²) in [5, 5.41) is 8.64. The quantitative estimate of drug-likeness (QED) is 0.888.